The van der Waals surface area contributed by atoms with Crippen LogP contribution < -0.4 is 4.90 Å². The van der Waals surface area contributed by atoms with Crippen molar-refractivity contribution in [2.24, 2.45) is 0 Å². The van der Waals surface area contributed by atoms with Crippen molar-refractivity contribution < 1.29 is 4.42 Å². The summed E-state index contributed by atoms with van der Waals surface area (Å²) in [7, 11) is 0. The molecule has 3 heteroatoms. The fraction of sp³-hybridized carbons (Fsp3) is 0. The average molecular weight is 779 g/mol. The van der Waals surface area contributed by atoms with Crippen LogP contribution in [0.25, 0.3) is 93.6 Å². The molecule has 0 aliphatic carbocycles. The topological polar surface area (TPSA) is 21.3 Å². The van der Waals surface area contributed by atoms with E-state index in [4.69, 9.17) is 4.42 Å². The summed E-state index contributed by atoms with van der Waals surface area (Å²) in [4.78, 5) is 2.37. The van der Waals surface area contributed by atoms with Crippen molar-refractivity contribution in [1.82, 2.24) is 4.57 Å². The molecule has 2 aromatic heterocycles. The molecule has 0 aliphatic heterocycles. The summed E-state index contributed by atoms with van der Waals surface area (Å²) in [6, 6.07) is 83.0. The first kappa shape index (κ1) is 34.9. The standard InChI is InChI=1S/C58H38N2O/c1-2-13-39(14-3-1)40-27-31-44(32-28-40)59(45-33-29-42(30-34-45)49-22-11-16-41-15-4-5-19-48(41)49)46-18-10-17-43(37-46)50-23-12-25-55-58(50)53-21-6-8-24-54(53)60(55)47-35-36-52-51-20-7-9-26-56(51)61-57(52)38-47/h1-38H. The third-order valence-electron chi connectivity index (χ3n) is 12.2. The van der Waals surface area contributed by atoms with Crippen LogP contribution >= 0.6 is 0 Å². The Bertz CT molecular complexity index is 3570. The molecule has 61 heavy (non-hydrogen) atoms. The number of furan rings is 1. The van der Waals surface area contributed by atoms with Gasteiger partial charge in [-0.15, -0.1) is 0 Å². The van der Waals surface area contributed by atoms with Crippen LogP contribution in [0, 0.1) is 0 Å². The van der Waals surface area contributed by atoms with E-state index in [0.717, 1.165) is 61.3 Å². The molecule has 0 saturated heterocycles. The SMILES string of the molecule is c1ccc(-c2ccc(N(c3ccc(-c4cccc5ccccc45)cc3)c3cccc(-c4cccc5c4c4ccccc4n5-c4ccc5c(c4)oc4ccccc45)c3)cc2)cc1. The van der Waals surface area contributed by atoms with Gasteiger partial charge in [-0.25, -0.2) is 0 Å². The fourth-order valence-electron chi connectivity index (χ4n) is 9.35. The molecule has 0 spiro atoms. The zero-order valence-electron chi connectivity index (χ0n) is 33.2. The second-order valence-corrected chi connectivity index (χ2v) is 15.7. The molecule has 0 aliphatic rings. The van der Waals surface area contributed by atoms with E-state index >= 15 is 0 Å². The Morgan fingerprint density at radius 1 is 0.328 bits per heavy atom. The van der Waals surface area contributed by atoms with Crippen molar-refractivity contribution in [3.63, 3.8) is 0 Å². The number of fused-ring (bicyclic) bond motifs is 7. The Balaban J connectivity index is 0.997. The summed E-state index contributed by atoms with van der Waals surface area (Å²) in [6.45, 7) is 0. The maximum Gasteiger partial charge on any atom is 0.137 e. The second kappa shape index (κ2) is 14.3. The first-order valence-electron chi connectivity index (χ1n) is 20.8. The highest BCUT2D eigenvalue weighted by Crippen LogP contribution is 2.43. The van der Waals surface area contributed by atoms with E-state index < -0.39 is 0 Å². The summed E-state index contributed by atoms with van der Waals surface area (Å²) in [5, 5.41) is 7.19. The van der Waals surface area contributed by atoms with Crippen molar-refractivity contribution in [1.29, 1.82) is 0 Å². The number of rotatable bonds is 7. The molecule has 0 unspecified atom stereocenters. The maximum atomic E-state index is 6.37. The first-order chi connectivity index (χ1) is 30.2. The summed E-state index contributed by atoms with van der Waals surface area (Å²) < 4.78 is 8.75. The molecule has 0 amide bonds. The number of anilines is 3. The van der Waals surface area contributed by atoms with Crippen molar-refractivity contribution in [3.8, 4) is 39.1 Å². The van der Waals surface area contributed by atoms with Gasteiger partial charge in [0.15, 0.2) is 0 Å². The predicted molar refractivity (Wildman–Crippen MR) is 257 cm³/mol. The molecular weight excluding hydrogens is 741 g/mol. The minimum absolute atomic E-state index is 0.885. The van der Waals surface area contributed by atoms with Crippen molar-refractivity contribution >= 4 is 71.6 Å². The van der Waals surface area contributed by atoms with E-state index in [1.807, 2.05) is 12.1 Å². The Labute approximate surface area is 353 Å². The molecule has 12 aromatic rings. The number of hydrogen-bond acceptors (Lipinski definition) is 2. The number of hydrogen-bond donors (Lipinski definition) is 0. The van der Waals surface area contributed by atoms with Gasteiger partial charge in [-0.2, -0.15) is 0 Å². The van der Waals surface area contributed by atoms with Crippen molar-refractivity contribution in [3.05, 3.63) is 231 Å². The van der Waals surface area contributed by atoms with Crippen LogP contribution in [0.15, 0.2) is 235 Å². The Morgan fingerprint density at radius 3 is 1.75 bits per heavy atom. The Morgan fingerprint density at radius 2 is 0.918 bits per heavy atom. The van der Waals surface area contributed by atoms with Crippen LogP contribution in [-0.4, -0.2) is 4.57 Å². The van der Waals surface area contributed by atoms with E-state index in [9.17, 15) is 0 Å². The van der Waals surface area contributed by atoms with Gasteiger partial charge < -0.3 is 13.9 Å². The molecular formula is C58H38N2O. The molecule has 286 valence electrons. The van der Waals surface area contributed by atoms with Gasteiger partial charge in [-0.1, -0.05) is 158 Å². The van der Waals surface area contributed by atoms with Gasteiger partial charge in [0.05, 0.1) is 11.0 Å². The van der Waals surface area contributed by atoms with E-state index in [-0.39, 0.29) is 0 Å². The van der Waals surface area contributed by atoms with Crippen LogP contribution in [0.4, 0.5) is 17.1 Å². The van der Waals surface area contributed by atoms with Crippen LogP contribution in [-0.2, 0) is 0 Å². The highest BCUT2D eigenvalue weighted by molar-refractivity contribution is 6.16. The normalized spacial score (nSPS) is 11.6. The van der Waals surface area contributed by atoms with Crippen molar-refractivity contribution in [2.45, 2.75) is 0 Å². The van der Waals surface area contributed by atoms with E-state index in [1.54, 1.807) is 0 Å². The molecule has 0 fully saturated rings. The van der Waals surface area contributed by atoms with Gasteiger partial charge in [-0.3, -0.25) is 0 Å². The lowest BCUT2D eigenvalue weighted by atomic mass is 9.97. The third-order valence-corrected chi connectivity index (χ3v) is 12.2. The third kappa shape index (κ3) is 5.90. The fourth-order valence-corrected chi connectivity index (χ4v) is 9.35. The van der Waals surface area contributed by atoms with Gasteiger partial charge in [-0.05, 0) is 111 Å². The molecule has 0 N–H and O–H groups in total. The number of aromatic nitrogens is 1. The number of benzene rings is 10. The second-order valence-electron chi connectivity index (χ2n) is 15.7. The molecule has 0 radical (unpaired) electrons. The molecule has 0 atom stereocenters. The summed E-state index contributed by atoms with van der Waals surface area (Å²) in [6.07, 6.45) is 0. The van der Waals surface area contributed by atoms with Crippen LogP contribution in [0.5, 0.6) is 0 Å². The summed E-state index contributed by atoms with van der Waals surface area (Å²) in [5.74, 6) is 0. The van der Waals surface area contributed by atoms with Gasteiger partial charge in [0.1, 0.15) is 11.2 Å². The molecule has 2 heterocycles. The minimum atomic E-state index is 0.885. The molecule has 12 rings (SSSR count). The van der Waals surface area contributed by atoms with Crippen LogP contribution in [0.3, 0.4) is 0 Å². The highest BCUT2D eigenvalue weighted by Gasteiger charge is 2.19. The highest BCUT2D eigenvalue weighted by atomic mass is 16.3. The van der Waals surface area contributed by atoms with Gasteiger partial charge in [0.2, 0.25) is 0 Å². The smallest absolute Gasteiger partial charge is 0.137 e. The lowest BCUT2D eigenvalue weighted by Crippen LogP contribution is -2.10. The minimum Gasteiger partial charge on any atom is -0.456 e. The largest absolute Gasteiger partial charge is 0.456 e. The van der Waals surface area contributed by atoms with Crippen molar-refractivity contribution in [2.75, 3.05) is 4.90 Å². The molecule has 3 nitrogen and oxygen atoms in total. The van der Waals surface area contributed by atoms with Gasteiger partial charge >= 0.3 is 0 Å². The monoisotopic (exact) mass is 778 g/mol. The Kier molecular flexibility index (Phi) is 8.17. The van der Waals surface area contributed by atoms with Gasteiger partial charge in [0.25, 0.3) is 0 Å². The summed E-state index contributed by atoms with van der Waals surface area (Å²) in [5.41, 5.74) is 15.6. The van der Waals surface area contributed by atoms with E-state index in [0.29, 0.717) is 0 Å². The number of para-hydroxylation sites is 2. The van der Waals surface area contributed by atoms with Crippen LogP contribution in [0.1, 0.15) is 0 Å². The zero-order valence-corrected chi connectivity index (χ0v) is 33.2. The summed E-state index contributed by atoms with van der Waals surface area (Å²) >= 11 is 0. The van der Waals surface area contributed by atoms with Crippen LogP contribution in [0.2, 0.25) is 0 Å². The molecule has 0 saturated carbocycles. The Hall–Kier alpha value is -8.14. The van der Waals surface area contributed by atoms with Gasteiger partial charge in [0, 0.05) is 50.4 Å². The maximum absolute atomic E-state index is 6.37. The van der Waals surface area contributed by atoms with E-state index in [2.05, 4.69) is 228 Å². The lowest BCUT2D eigenvalue weighted by molar-refractivity contribution is 0.668. The lowest BCUT2D eigenvalue weighted by Gasteiger charge is -2.26. The zero-order chi connectivity index (χ0) is 40.3. The first-order valence-corrected chi connectivity index (χ1v) is 20.8. The average Bonchev–Trinajstić information content (AvgIpc) is 3.88. The predicted octanol–water partition coefficient (Wildman–Crippen LogP) is 16.3. The molecule has 0 bridgehead atoms. The molecule has 10 aromatic carbocycles. The number of nitrogens with zero attached hydrogens (tertiary/aromatic N) is 2. The quantitative estimate of drug-likeness (QED) is 0.161. The van der Waals surface area contributed by atoms with E-state index in [1.165, 1.54) is 49.4 Å².